The zero-order valence-electron chi connectivity index (χ0n) is 7.09. The zero-order valence-corrected chi connectivity index (χ0v) is 7.09. The molecule has 0 aliphatic rings. The van der Waals surface area contributed by atoms with Gasteiger partial charge in [0.15, 0.2) is 0 Å². The summed E-state index contributed by atoms with van der Waals surface area (Å²) in [6.07, 6.45) is 8.04. The molecule has 0 aromatic carbocycles. The van der Waals surface area contributed by atoms with Crippen molar-refractivity contribution in [1.29, 1.82) is 0 Å². The molecule has 0 aromatic heterocycles. The van der Waals surface area contributed by atoms with E-state index in [0.29, 0.717) is 5.92 Å². The highest BCUT2D eigenvalue weighted by atomic mass is 14.0. The third-order valence-corrected chi connectivity index (χ3v) is 1.34. The number of hydrogen-bond donors (Lipinski definition) is 0. The van der Waals surface area contributed by atoms with Crippen LogP contribution in [-0.2, 0) is 0 Å². The third kappa shape index (κ3) is 3.29. The average molecular weight is 136 g/mol. The summed E-state index contributed by atoms with van der Waals surface area (Å²) in [6, 6.07) is 0. The first kappa shape index (κ1) is 9.22. The van der Waals surface area contributed by atoms with Crippen LogP contribution in [0.25, 0.3) is 0 Å². The average Bonchev–Trinajstić information content (AvgIpc) is 1.87. The van der Waals surface area contributed by atoms with E-state index in [2.05, 4.69) is 32.6 Å². The summed E-state index contributed by atoms with van der Waals surface area (Å²) in [5.74, 6) is 0.592. The maximum absolute atomic E-state index is 3.65. The van der Waals surface area contributed by atoms with Gasteiger partial charge in [-0.1, -0.05) is 44.7 Å². The van der Waals surface area contributed by atoms with Crippen molar-refractivity contribution >= 4 is 0 Å². The molecule has 0 aromatic rings. The molecule has 0 heterocycles. The predicted octanol–water partition coefficient (Wildman–Crippen LogP) is 3.33. The molecule has 0 rings (SSSR count). The van der Waals surface area contributed by atoms with Crippen molar-refractivity contribution in [3.63, 3.8) is 0 Å². The molecule has 0 aliphatic carbocycles. The SMILES string of the molecule is C=C/C=C(\C=C/C)C(C)C. The highest BCUT2D eigenvalue weighted by molar-refractivity contribution is 5.24. The molecule has 0 atom stereocenters. The van der Waals surface area contributed by atoms with Crippen molar-refractivity contribution < 1.29 is 0 Å². The zero-order chi connectivity index (χ0) is 7.98. The monoisotopic (exact) mass is 136 g/mol. The lowest BCUT2D eigenvalue weighted by Crippen LogP contribution is -1.88. The minimum atomic E-state index is 0.592. The Morgan fingerprint density at radius 2 is 2.00 bits per heavy atom. The highest BCUT2D eigenvalue weighted by Gasteiger charge is 1.94. The molecule has 0 saturated carbocycles. The molecule has 0 amide bonds. The Bertz CT molecular complexity index is 147. The van der Waals surface area contributed by atoms with E-state index in [1.165, 1.54) is 5.57 Å². The molecule has 56 valence electrons. The van der Waals surface area contributed by atoms with Gasteiger partial charge in [0.1, 0.15) is 0 Å². The van der Waals surface area contributed by atoms with Crippen LogP contribution in [0.15, 0.2) is 36.5 Å². The summed E-state index contributed by atoms with van der Waals surface area (Å²) in [6.45, 7) is 10.0. The van der Waals surface area contributed by atoms with Gasteiger partial charge in [-0.3, -0.25) is 0 Å². The van der Waals surface area contributed by atoms with Gasteiger partial charge in [0, 0.05) is 0 Å². The first-order valence-electron chi connectivity index (χ1n) is 3.67. The van der Waals surface area contributed by atoms with Gasteiger partial charge in [0.2, 0.25) is 0 Å². The first-order chi connectivity index (χ1) is 4.72. The van der Waals surface area contributed by atoms with Crippen LogP contribution >= 0.6 is 0 Å². The summed E-state index contributed by atoms with van der Waals surface area (Å²) in [5, 5.41) is 0. The molecule has 0 nitrogen and oxygen atoms in total. The number of allylic oxidation sites excluding steroid dienone is 5. The maximum Gasteiger partial charge on any atom is -0.0219 e. The van der Waals surface area contributed by atoms with E-state index in [1.807, 2.05) is 19.1 Å². The molecule has 0 aliphatic heterocycles. The van der Waals surface area contributed by atoms with E-state index >= 15 is 0 Å². The molecule has 0 saturated heterocycles. The van der Waals surface area contributed by atoms with E-state index in [9.17, 15) is 0 Å². The fourth-order valence-corrected chi connectivity index (χ4v) is 0.769. The van der Waals surface area contributed by atoms with Crippen molar-refractivity contribution in [1.82, 2.24) is 0 Å². The Balaban J connectivity index is 4.25. The van der Waals surface area contributed by atoms with Crippen molar-refractivity contribution in [2.45, 2.75) is 20.8 Å². The molecule has 0 unspecified atom stereocenters. The summed E-state index contributed by atoms with van der Waals surface area (Å²) in [7, 11) is 0. The van der Waals surface area contributed by atoms with Gasteiger partial charge in [-0.15, -0.1) is 0 Å². The van der Waals surface area contributed by atoms with Gasteiger partial charge in [0.05, 0.1) is 0 Å². The molecular weight excluding hydrogens is 120 g/mol. The smallest absolute Gasteiger partial charge is 0.0219 e. The Kier molecular flexibility index (Phi) is 4.65. The maximum atomic E-state index is 3.65. The topological polar surface area (TPSA) is 0 Å². The highest BCUT2D eigenvalue weighted by Crippen LogP contribution is 2.10. The van der Waals surface area contributed by atoms with Gasteiger partial charge in [-0.25, -0.2) is 0 Å². The third-order valence-electron chi connectivity index (χ3n) is 1.34. The van der Waals surface area contributed by atoms with E-state index in [0.717, 1.165) is 0 Å². The predicted molar refractivity (Wildman–Crippen MR) is 47.9 cm³/mol. The van der Waals surface area contributed by atoms with Crippen molar-refractivity contribution in [3.8, 4) is 0 Å². The second-order valence-corrected chi connectivity index (χ2v) is 2.56. The normalized spacial score (nSPS) is 13.0. The molecule has 0 heteroatoms. The van der Waals surface area contributed by atoms with Gasteiger partial charge >= 0.3 is 0 Å². The molecule has 0 N–H and O–H groups in total. The quantitative estimate of drug-likeness (QED) is 0.522. The van der Waals surface area contributed by atoms with Gasteiger partial charge in [-0.05, 0) is 18.4 Å². The second-order valence-electron chi connectivity index (χ2n) is 2.56. The van der Waals surface area contributed by atoms with E-state index in [-0.39, 0.29) is 0 Å². The lowest BCUT2D eigenvalue weighted by Gasteiger charge is -2.03. The molecule has 0 spiro atoms. The van der Waals surface area contributed by atoms with Gasteiger partial charge in [0.25, 0.3) is 0 Å². The molecule has 10 heavy (non-hydrogen) atoms. The van der Waals surface area contributed by atoms with Crippen LogP contribution in [0.4, 0.5) is 0 Å². The molecular formula is C10H16. The largest absolute Gasteiger partial charge is 0.0991 e. The first-order valence-corrected chi connectivity index (χ1v) is 3.67. The van der Waals surface area contributed by atoms with Crippen LogP contribution in [0, 0.1) is 5.92 Å². The van der Waals surface area contributed by atoms with Crippen LogP contribution < -0.4 is 0 Å². The summed E-state index contributed by atoms with van der Waals surface area (Å²) < 4.78 is 0. The fourth-order valence-electron chi connectivity index (χ4n) is 0.769. The van der Waals surface area contributed by atoms with E-state index in [1.54, 1.807) is 0 Å². The minimum absolute atomic E-state index is 0.592. The minimum Gasteiger partial charge on any atom is -0.0991 e. The summed E-state index contributed by atoms with van der Waals surface area (Å²) in [4.78, 5) is 0. The van der Waals surface area contributed by atoms with E-state index in [4.69, 9.17) is 0 Å². The van der Waals surface area contributed by atoms with Gasteiger partial charge in [-0.2, -0.15) is 0 Å². The number of hydrogen-bond acceptors (Lipinski definition) is 0. The Morgan fingerprint density at radius 1 is 1.40 bits per heavy atom. The van der Waals surface area contributed by atoms with Crippen LogP contribution in [0.1, 0.15) is 20.8 Å². The molecule has 0 fully saturated rings. The Morgan fingerprint density at radius 3 is 2.30 bits per heavy atom. The van der Waals surface area contributed by atoms with Crippen LogP contribution in [0.3, 0.4) is 0 Å². The lowest BCUT2D eigenvalue weighted by atomic mass is 10.0. The van der Waals surface area contributed by atoms with Crippen molar-refractivity contribution in [3.05, 3.63) is 36.5 Å². The van der Waals surface area contributed by atoms with Crippen LogP contribution in [0.5, 0.6) is 0 Å². The van der Waals surface area contributed by atoms with Crippen LogP contribution in [0.2, 0.25) is 0 Å². The van der Waals surface area contributed by atoms with Crippen molar-refractivity contribution in [2.75, 3.05) is 0 Å². The number of rotatable bonds is 3. The van der Waals surface area contributed by atoms with Crippen LogP contribution in [-0.4, -0.2) is 0 Å². The second kappa shape index (κ2) is 5.04. The Labute approximate surface area is 64.0 Å². The summed E-state index contributed by atoms with van der Waals surface area (Å²) in [5.41, 5.74) is 1.33. The molecule has 0 bridgehead atoms. The summed E-state index contributed by atoms with van der Waals surface area (Å²) >= 11 is 0. The fraction of sp³-hybridized carbons (Fsp3) is 0.400. The van der Waals surface area contributed by atoms with Crippen molar-refractivity contribution in [2.24, 2.45) is 5.92 Å². The van der Waals surface area contributed by atoms with E-state index < -0.39 is 0 Å². The Hall–Kier alpha value is -0.780. The lowest BCUT2D eigenvalue weighted by molar-refractivity contribution is 0.791. The standard InChI is InChI=1S/C10H16/c1-5-7-10(8-6-2)9(3)4/h5-9H,1H2,2-4H3/b8-6-,10-7+. The molecule has 0 radical (unpaired) electrons. The van der Waals surface area contributed by atoms with Gasteiger partial charge < -0.3 is 0 Å².